The second-order valence-electron chi connectivity index (χ2n) is 7.27. The van der Waals surface area contributed by atoms with Gasteiger partial charge in [-0.25, -0.2) is 4.98 Å². The largest absolute Gasteiger partial charge is 0.508 e. The van der Waals surface area contributed by atoms with Crippen molar-refractivity contribution in [1.82, 2.24) is 4.98 Å². The number of rotatable bonds is 3. The van der Waals surface area contributed by atoms with E-state index in [1.54, 1.807) is 25.1 Å². The second kappa shape index (κ2) is 6.83. The molecule has 1 aromatic heterocycles. The normalized spacial score (nSPS) is 15.2. The zero-order valence-electron chi connectivity index (χ0n) is 15.9. The highest BCUT2D eigenvalue weighted by atomic mass is 16.5. The third kappa shape index (κ3) is 2.88. The summed E-state index contributed by atoms with van der Waals surface area (Å²) in [5, 5.41) is 10.2. The van der Waals surface area contributed by atoms with E-state index < -0.39 is 5.91 Å². The number of phenolic OH excluding ortho intramolecular Hbond substituents is 1. The number of amides is 1. The smallest absolute Gasteiger partial charge is 0.250 e. The van der Waals surface area contributed by atoms with Gasteiger partial charge in [0.05, 0.1) is 16.8 Å². The predicted octanol–water partition coefficient (Wildman–Crippen LogP) is 3.39. The first-order valence-electron chi connectivity index (χ1n) is 9.28. The third-order valence-corrected chi connectivity index (χ3v) is 5.47. The molecule has 0 unspecified atom stereocenters. The number of nitrogens with zero attached hydrogens (tertiary/aromatic N) is 1. The Labute approximate surface area is 162 Å². The first kappa shape index (κ1) is 18.3. The fourth-order valence-corrected chi connectivity index (χ4v) is 3.89. The lowest BCUT2D eigenvalue weighted by Gasteiger charge is -2.18. The summed E-state index contributed by atoms with van der Waals surface area (Å²) in [5.74, 6) is 0.267. The molecule has 3 aromatic rings. The second-order valence-corrected chi connectivity index (χ2v) is 7.27. The molecule has 1 aliphatic heterocycles. The Morgan fingerprint density at radius 2 is 1.93 bits per heavy atom. The number of anilines is 1. The zero-order valence-corrected chi connectivity index (χ0v) is 15.9. The number of carbonyl (C=O) groups excluding carboxylic acids is 1. The van der Waals surface area contributed by atoms with Gasteiger partial charge in [-0.15, -0.1) is 0 Å². The first-order valence-corrected chi connectivity index (χ1v) is 9.28. The molecule has 1 amide bonds. The lowest BCUT2D eigenvalue weighted by atomic mass is 9.91. The molecule has 0 spiro atoms. The number of primary amides is 1. The number of carbonyl (C=O) groups is 1. The highest BCUT2D eigenvalue weighted by molar-refractivity contribution is 6.10. The number of aromatic nitrogens is 1. The zero-order chi connectivity index (χ0) is 20.0. The summed E-state index contributed by atoms with van der Waals surface area (Å²) in [6.07, 6.45) is 1.65. The van der Waals surface area contributed by atoms with Gasteiger partial charge in [-0.2, -0.15) is 0 Å². The number of aromatic hydroxyl groups is 1. The predicted molar refractivity (Wildman–Crippen MR) is 106 cm³/mol. The van der Waals surface area contributed by atoms with Crippen LogP contribution in [0.3, 0.4) is 0 Å². The number of ether oxygens (including phenoxy) is 1. The lowest BCUT2D eigenvalue weighted by molar-refractivity contribution is 0.0798. The van der Waals surface area contributed by atoms with Crippen LogP contribution in [0.4, 0.5) is 5.69 Å². The first-order chi connectivity index (χ1) is 13.4. The van der Waals surface area contributed by atoms with E-state index in [-0.39, 0.29) is 22.9 Å². The summed E-state index contributed by atoms with van der Waals surface area (Å²) in [6.45, 7) is 5.04. The highest BCUT2D eigenvalue weighted by Crippen LogP contribution is 2.43. The SMILES string of the molecule is Cc1ccc(O)c(C)c1-c1c(N)c(C(N)=O)cc2nc(C3CCOCC3)oc12. The Bertz CT molecular complexity index is 1080. The Kier molecular flexibility index (Phi) is 4.47. The van der Waals surface area contributed by atoms with E-state index in [0.717, 1.165) is 24.0 Å². The molecule has 1 saturated heterocycles. The summed E-state index contributed by atoms with van der Waals surface area (Å²) in [6, 6.07) is 5.01. The number of oxazole rings is 1. The molecule has 7 heteroatoms. The van der Waals surface area contributed by atoms with Gasteiger partial charge in [-0.3, -0.25) is 4.79 Å². The van der Waals surface area contributed by atoms with Gasteiger partial charge in [-0.1, -0.05) is 6.07 Å². The number of hydrogen-bond donors (Lipinski definition) is 3. The molecule has 7 nitrogen and oxygen atoms in total. The van der Waals surface area contributed by atoms with E-state index in [9.17, 15) is 9.90 Å². The maximum absolute atomic E-state index is 12.0. The lowest BCUT2D eigenvalue weighted by Crippen LogP contribution is -2.14. The maximum Gasteiger partial charge on any atom is 0.250 e. The summed E-state index contributed by atoms with van der Waals surface area (Å²) < 4.78 is 11.6. The fourth-order valence-electron chi connectivity index (χ4n) is 3.89. The minimum atomic E-state index is -0.633. The molecule has 0 aliphatic carbocycles. The molecule has 4 rings (SSSR count). The Morgan fingerprint density at radius 3 is 2.61 bits per heavy atom. The number of nitrogens with two attached hydrogens (primary N) is 2. The van der Waals surface area contributed by atoms with Crippen molar-refractivity contribution in [1.29, 1.82) is 0 Å². The minimum Gasteiger partial charge on any atom is -0.508 e. The molecule has 0 atom stereocenters. The molecule has 0 bridgehead atoms. The highest BCUT2D eigenvalue weighted by Gasteiger charge is 2.26. The fraction of sp³-hybridized carbons (Fsp3) is 0.333. The number of fused-ring (bicyclic) bond motifs is 1. The van der Waals surface area contributed by atoms with Crippen LogP contribution in [0.1, 0.15) is 46.1 Å². The standard InChI is InChI=1S/C21H23N3O4/c1-10-3-4-15(25)11(2)16(10)17-18(22)13(20(23)26)9-14-19(17)28-21(24-14)12-5-7-27-8-6-12/h3-4,9,12,25H,5-8,22H2,1-2H3,(H2,23,26). The molecule has 2 heterocycles. The summed E-state index contributed by atoms with van der Waals surface area (Å²) in [5.41, 5.74) is 16.2. The summed E-state index contributed by atoms with van der Waals surface area (Å²) in [7, 11) is 0. The van der Waals surface area contributed by atoms with Gasteiger partial charge in [0.2, 0.25) is 0 Å². The van der Waals surface area contributed by atoms with Gasteiger partial charge < -0.3 is 25.7 Å². The van der Waals surface area contributed by atoms with E-state index in [1.807, 2.05) is 6.92 Å². The van der Waals surface area contributed by atoms with Gasteiger partial charge in [0, 0.05) is 19.1 Å². The van der Waals surface area contributed by atoms with Gasteiger partial charge in [-0.05, 0) is 55.5 Å². The molecule has 1 aliphatic rings. The van der Waals surface area contributed by atoms with Crippen molar-refractivity contribution >= 4 is 22.7 Å². The summed E-state index contributed by atoms with van der Waals surface area (Å²) >= 11 is 0. The Morgan fingerprint density at radius 1 is 1.21 bits per heavy atom. The molecular formula is C21H23N3O4. The number of phenols is 1. The van der Waals surface area contributed by atoms with Crippen molar-refractivity contribution in [3.63, 3.8) is 0 Å². The van der Waals surface area contributed by atoms with Crippen molar-refractivity contribution < 1.29 is 19.1 Å². The average molecular weight is 381 g/mol. The van der Waals surface area contributed by atoms with Crippen molar-refractivity contribution in [2.75, 3.05) is 18.9 Å². The van der Waals surface area contributed by atoms with Crippen LogP contribution in [-0.2, 0) is 4.74 Å². The molecule has 146 valence electrons. The van der Waals surface area contributed by atoms with Gasteiger partial charge >= 0.3 is 0 Å². The topological polar surface area (TPSA) is 125 Å². The van der Waals surface area contributed by atoms with Crippen LogP contribution in [0, 0.1) is 13.8 Å². The molecule has 0 saturated carbocycles. The van der Waals surface area contributed by atoms with Crippen LogP contribution in [0.2, 0.25) is 0 Å². The third-order valence-electron chi connectivity index (χ3n) is 5.47. The average Bonchev–Trinajstić information content (AvgIpc) is 3.10. The molecule has 0 radical (unpaired) electrons. The van der Waals surface area contributed by atoms with Crippen LogP contribution in [0.15, 0.2) is 22.6 Å². The monoisotopic (exact) mass is 381 g/mol. The maximum atomic E-state index is 12.0. The number of aryl methyl sites for hydroxylation is 1. The number of benzene rings is 2. The van der Waals surface area contributed by atoms with Crippen LogP contribution in [0.5, 0.6) is 5.75 Å². The van der Waals surface area contributed by atoms with Crippen LogP contribution >= 0.6 is 0 Å². The molecule has 1 fully saturated rings. The quantitative estimate of drug-likeness (QED) is 0.597. The van der Waals surface area contributed by atoms with E-state index in [2.05, 4.69) is 4.98 Å². The van der Waals surface area contributed by atoms with Gasteiger partial charge in [0.25, 0.3) is 5.91 Å². The molecule has 5 N–H and O–H groups in total. The van der Waals surface area contributed by atoms with E-state index in [0.29, 0.717) is 41.3 Å². The number of nitrogen functional groups attached to an aromatic ring is 1. The Hall–Kier alpha value is -3.06. The van der Waals surface area contributed by atoms with Crippen molar-refractivity contribution in [2.24, 2.45) is 5.73 Å². The van der Waals surface area contributed by atoms with Gasteiger partial charge in [0.1, 0.15) is 11.3 Å². The van der Waals surface area contributed by atoms with E-state index in [4.69, 9.17) is 20.6 Å². The van der Waals surface area contributed by atoms with Crippen LogP contribution < -0.4 is 11.5 Å². The van der Waals surface area contributed by atoms with Crippen LogP contribution in [0.25, 0.3) is 22.2 Å². The minimum absolute atomic E-state index is 0.141. The van der Waals surface area contributed by atoms with Gasteiger partial charge in [0.15, 0.2) is 11.5 Å². The van der Waals surface area contributed by atoms with Crippen molar-refractivity contribution in [3.8, 4) is 16.9 Å². The van der Waals surface area contributed by atoms with Crippen LogP contribution in [-0.4, -0.2) is 29.2 Å². The summed E-state index contributed by atoms with van der Waals surface area (Å²) in [4.78, 5) is 16.7. The molecule has 28 heavy (non-hydrogen) atoms. The number of hydrogen-bond acceptors (Lipinski definition) is 6. The molecular weight excluding hydrogens is 358 g/mol. The van der Waals surface area contributed by atoms with E-state index in [1.165, 1.54) is 0 Å². The molecule has 2 aromatic carbocycles. The van der Waals surface area contributed by atoms with Crippen molar-refractivity contribution in [3.05, 3.63) is 40.8 Å². The van der Waals surface area contributed by atoms with E-state index >= 15 is 0 Å². The van der Waals surface area contributed by atoms with Crippen molar-refractivity contribution in [2.45, 2.75) is 32.6 Å². The Balaban J connectivity index is 2.03.